The summed E-state index contributed by atoms with van der Waals surface area (Å²) in [6.07, 6.45) is 14.2. The van der Waals surface area contributed by atoms with E-state index in [9.17, 15) is 28.8 Å². The number of Topliss-reactive ketones (excluding diaryl/α,β-unsaturated/α-hetero) is 3. The number of nitrogen functional groups attached to an aromatic ring is 1. The fourth-order valence-corrected chi connectivity index (χ4v) is 12.0. The molecule has 502 valence electrons. The number of carbonyl (C=O) groups is 6. The van der Waals surface area contributed by atoms with Gasteiger partial charge in [0.1, 0.15) is 0 Å². The van der Waals surface area contributed by atoms with Crippen LogP contribution in [-0.2, 0) is 60.2 Å². The number of nitrogens with one attached hydrogen (secondary N) is 2. The molecule has 5 heterocycles. The van der Waals surface area contributed by atoms with Gasteiger partial charge in [-0.15, -0.1) is 0 Å². The van der Waals surface area contributed by atoms with Crippen molar-refractivity contribution in [2.75, 3.05) is 29.6 Å². The van der Waals surface area contributed by atoms with E-state index < -0.39 is 22.2 Å². The number of carboxylic acids is 1. The minimum atomic E-state index is -0.940. The number of benzene rings is 3. The first-order valence-electron chi connectivity index (χ1n) is 32.4. The minimum Gasteiger partial charge on any atom is -0.481 e. The predicted molar refractivity (Wildman–Crippen MR) is 373 cm³/mol. The molecule has 95 heavy (non-hydrogen) atoms. The van der Waals surface area contributed by atoms with Gasteiger partial charge in [0.05, 0.1) is 109 Å². The van der Waals surface area contributed by atoms with Crippen molar-refractivity contribution < 1.29 is 60.4 Å². The normalized spacial score (nSPS) is 17.1. The molecule has 0 spiro atoms. The van der Waals surface area contributed by atoms with E-state index in [1.807, 2.05) is 159 Å². The first-order valence-corrected chi connectivity index (χ1v) is 32.4. The number of aliphatic carboxylic acids is 1. The molecule has 0 saturated heterocycles. The van der Waals surface area contributed by atoms with Gasteiger partial charge in [-0.05, 0) is 175 Å². The van der Waals surface area contributed by atoms with E-state index in [0.29, 0.717) is 74.1 Å². The number of aryl methyl sites for hydroxylation is 5. The third kappa shape index (κ3) is 19.0. The first-order chi connectivity index (χ1) is 44.8. The minimum absolute atomic E-state index is 0. The Hall–Kier alpha value is -9.25. The topological polar surface area (TPSA) is 256 Å². The third-order valence-electron chi connectivity index (χ3n) is 17.3. The Bertz CT molecular complexity index is 3900. The zero-order valence-electron chi connectivity index (χ0n) is 56.9. The van der Waals surface area contributed by atoms with Gasteiger partial charge in [-0.25, -0.2) is 0 Å². The maximum Gasteiger partial charge on any atom is 0.306 e. The van der Waals surface area contributed by atoms with Crippen molar-refractivity contribution in [1.82, 2.24) is 24.9 Å². The Morgan fingerprint density at radius 3 is 1.15 bits per heavy atom. The maximum absolute atomic E-state index is 13.4. The number of pyridine rings is 5. The van der Waals surface area contributed by atoms with E-state index in [0.717, 1.165) is 97.4 Å². The molecular weight excluding hydrogens is 1240 g/mol. The number of carbonyl (C=O) groups excluding carboxylic acids is 5. The van der Waals surface area contributed by atoms with Gasteiger partial charge >= 0.3 is 17.9 Å². The standard InChI is InChI=1S/C27H29N3O3.C24H23N3O3.C21H24N2O3.2C2H6.CH3.Fe/c1-4-27(15-25(31)33-5-2)13-12-19-14-20(7-10-23(19)26(27)32)24-11-9-22(17-29-24)30-21-8-6-18(3)28-16-21;1-15-3-5-18(13-25-15)27-19-6-8-21(26-14-19)17-4-7-20-16(11-17)9-10-24(2,23(20)30)12-22(28)29;1-3-21(12-19(24)26-4-2)10-9-14-11-15(5-7-17(14)20(21)25)18-8-6-16(22)13-23-18;2*1-2;;/h6-11,14,16-17,30H,4-5,12-13,15H2,1-3H3;3-8,11,13-14,27H,9-10,12H2,1-2H3,(H,28,29);5-8,11,13H,3-4,9-10,12,22H2,1-2H3;2*1-2H3;1H3;/q;;;;;-1;. The van der Waals surface area contributed by atoms with Crippen molar-refractivity contribution in [2.24, 2.45) is 16.2 Å². The molecule has 0 amide bonds. The van der Waals surface area contributed by atoms with Gasteiger partial charge in [0.25, 0.3) is 0 Å². The largest absolute Gasteiger partial charge is 0.481 e. The molecule has 18 heteroatoms. The molecule has 3 unspecified atom stereocenters. The molecule has 3 aromatic carbocycles. The van der Waals surface area contributed by atoms with E-state index in [-0.39, 0.29) is 73.0 Å². The monoisotopic (exact) mass is 1330 g/mol. The van der Waals surface area contributed by atoms with Crippen LogP contribution in [0, 0.1) is 37.5 Å². The summed E-state index contributed by atoms with van der Waals surface area (Å²) in [4.78, 5) is 96.8. The summed E-state index contributed by atoms with van der Waals surface area (Å²) >= 11 is 0. The molecule has 3 aliphatic carbocycles. The van der Waals surface area contributed by atoms with Gasteiger partial charge in [0.2, 0.25) is 0 Å². The number of ketones is 3. The number of nitrogens with two attached hydrogens (primary N) is 1. The van der Waals surface area contributed by atoms with Crippen molar-refractivity contribution in [1.29, 1.82) is 0 Å². The molecular formula is C77H91FeN8O9-. The van der Waals surface area contributed by atoms with E-state index in [4.69, 9.17) is 20.3 Å². The van der Waals surface area contributed by atoms with Crippen LogP contribution in [0.4, 0.5) is 28.4 Å². The Morgan fingerprint density at radius 1 is 0.484 bits per heavy atom. The van der Waals surface area contributed by atoms with Crippen LogP contribution in [0.15, 0.2) is 146 Å². The van der Waals surface area contributed by atoms with E-state index in [2.05, 4.69) is 41.6 Å². The fraction of sp³-hybridized carbons (Fsp3) is 0.351. The maximum atomic E-state index is 13.4. The van der Waals surface area contributed by atoms with Gasteiger partial charge < -0.3 is 38.4 Å². The summed E-state index contributed by atoms with van der Waals surface area (Å²) in [6.45, 7) is 21.8. The van der Waals surface area contributed by atoms with Gasteiger partial charge in [-0.1, -0.05) is 84.9 Å². The van der Waals surface area contributed by atoms with Crippen LogP contribution in [0.2, 0.25) is 0 Å². The van der Waals surface area contributed by atoms with Crippen molar-refractivity contribution in [3.8, 4) is 33.8 Å². The second-order valence-electron chi connectivity index (χ2n) is 23.4. The Labute approximate surface area is 570 Å². The van der Waals surface area contributed by atoms with Crippen LogP contribution >= 0.6 is 0 Å². The van der Waals surface area contributed by atoms with Crippen molar-refractivity contribution >= 4 is 63.7 Å². The molecule has 3 aliphatic rings. The van der Waals surface area contributed by atoms with E-state index >= 15 is 0 Å². The molecule has 0 saturated carbocycles. The zero-order chi connectivity index (χ0) is 67.5. The van der Waals surface area contributed by atoms with E-state index in [1.165, 1.54) is 0 Å². The zero-order valence-corrected chi connectivity index (χ0v) is 58.0. The number of rotatable bonds is 17. The molecule has 17 nitrogen and oxygen atoms in total. The summed E-state index contributed by atoms with van der Waals surface area (Å²) in [5.41, 5.74) is 20.0. The number of aromatic nitrogens is 5. The van der Waals surface area contributed by atoms with Crippen LogP contribution in [0.25, 0.3) is 33.8 Å². The van der Waals surface area contributed by atoms with Gasteiger partial charge in [-0.3, -0.25) is 53.7 Å². The summed E-state index contributed by atoms with van der Waals surface area (Å²) in [5, 5.41) is 15.7. The molecule has 5 N–H and O–H groups in total. The molecule has 0 fully saturated rings. The number of esters is 2. The predicted octanol–water partition coefficient (Wildman–Crippen LogP) is 16.8. The quantitative estimate of drug-likeness (QED) is 0.0375. The van der Waals surface area contributed by atoms with Crippen LogP contribution in [0.1, 0.15) is 173 Å². The molecule has 8 aromatic rings. The average Bonchev–Trinajstić information content (AvgIpc) is 0.785. The summed E-state index contributed by atoms with van der Waals surface area (Å²) in [6, 6.07) is 36.7. The molecule has 5 aromatic heterocycles. The van der Waals surface area contributed by atoms with Crippen molar-refractivity contribution in [3.05, 3.63) is 198 Å². The molecule has 3 atom stereocenters. The molecule has 0 bridgehead atoms. The third-order valence-corrected chi connectivity index (χ3v) is 17.3. The Kier molecular flexibility index (Phi) is 28.4. The summed E-state index contributed by atoms with van der Waals surface area (Å²) < 4.78 is 10.2. The Balaban J connectivity index is 0.000000250. The molecule has 0 aliphatic heterocycles. The first kappa shape index (κ1) is 76.5. The molecule has 0 radical (unpaired) electrons. The molecule has 11 rings (SSSR count). The average molecular weight is 1330 g/mol. The van der Waals surface area contributed by atoms with Crippen molar-refractivity contribution in [3.63, 3.8) is 0 Å². The van der Waals surface area contributed by atoms with Crippen LogP contribution in [-0.4, -0.2) is 78.5 Å². The van der Waals surface area contributed by atoms with Gasteiger partial charge in [0, 0.05) is 78.1 Å². The van der Waals surface area contributed by atoms with Crippen LogP contribution in [0.3, 0.4) is 0 Å². The number of carboxylic acid groups (broad SMARTS) is 1. The summed E-state index contributed by atoms with van der Waals surface area (Å²) in [7, 11) is 0. The van der Waals surface area contributed by atoms with E-state index in [1.54, 1.807) is 57.8 Å². The number of anilines is 5. The second kappa shape index (κ2) is 35.3. The SMILES string of the molecule is CC.CC.CCOC(=O)CC1(CC)CCc2cc(-c3ccc(N)cn3)ccc2C1=O.CCOC(=O)CC1(CC)CCc2cc(-c3ccc(Nc4ccc(C)nc4)cn3)ccc2C1=O.Cc1ccc(Nc2ccc(-c3ccc4c(c3)CCC(C)(CC(=O)O)C4=O)nc2)cn1.[CH3-].[Fe]. The number of hydrogen-bond donors (Lipinski definition) is 4. The smallest absolute Gasteiger partial charge is 0.306 e. The van der Waals surface area contributed by atoms with Gasteiger partial charge in [0.15, 0.2) is 17.3 Å². The van der Waals surface area contributed by atoms with Crippen molar-refractivity contribution in [2.45, 2.75) is 147 Å². The van der Waals surface area contributed by atoms with Crippen LogP contribution in [0.5, 0.6) is 0 Å². The van der Waals surface area contributed by atoms with Crippen LogP contribution < -0.4 is 16.4 Å². The van der Waals surface area contributed by atoms with Gasteiger partial charge in [-0.2, -0.15) is 0 Å². The Morgan fingerprint density at radius 2 is 0.832 bits per heavy atom. The number of ether oxygens (including phenoxy) is 2. The number of nitrogens with zero attached hydrogens (tertiary/aromatic N) is 5. The number of hydrogen-bond acceptors (Lipinski definition) is 16. The number of fused-ring (bicyclic) bond motifs is 3. The second-order valence-corrected chi connectivity index (χ2v) is 23.4. The summed E-state index contributed by atoms with van der Waals surface area (Å²) in [5.74, 6) is -1.53. The fourth-order valence-electron chi connectivity index (χ4n) is 12.0.